The fourth-order valence-corrected chi connectivity index (χ4v) is 0. The third kappa shape index (κ3) is 60.7. The zero-order valence-corrected chi connectivity index (χ0v) is 6.58. The molecule has 0 unspecified atom stereocenters. The Morgan fingerprint density at radius 3 is 1.40 bits per heavy atom. The summed E-state index contributed by atoms with van der Waals surface area (Å²) < 4.78 is 24.1. The van der Waals surface area contributed by atoms with Crippen molar-refractivity contribution in [3.8, 4) is 0 Å². The zero-order chi connectivity index (χ0) is 3.58. The van der Waals surface area contributed by atoms with Crippen molar-refractivity contribution in [3.05, 3.63) is 0 Å². The number of hydrogen-bond acceptors (Lipinski definition) is 3. The quantitative estimate of drug-likeness (QED) is 0.283. The molecule has 0 aromatic carbocycles. The first-order chi connectivity index (χ1) is 1.73. The van der Waals surface area contributed by atoms with E-state index in [0.717, 1.165) is 0 Å². The van der Waals surface area contributed by atoms with Gasteiger partial charge in [0.2, 0.25) is 0 Å². The Hall–Kier alpha value is 0.780. The van der Waals surface area contributed by atoms with Gasteiger partial charge < -0.3 is 13.0 Å². The standard InChI is InChI=1S/Hf.HO3S/c;1-4(2)3/h;(H,1,2,3)/q;-1. The van der Waals surface area contributed by atoms with E-state index in [4.69, 9.17) is 13.0 Å². The normalized spacial score (nSPS) is 6.80. The van der Waals surface area contributed by atoms with Gasteiger partial charge in [-0.3, -0.25) is 0 Å². The third-order valence-electron chi connectivity index (χ3n) is 0. The summed E-state index contributed by atoms with van der Waals surface area (Å²) in [6, 6.07) is 0. The fraction of sp³-hybridized carbons (Fsp3) is 0. The number of rotatable bonds is 0. The molecule has 0 aliphatic rings. The van der Waals surface area contributed by atoms with Crippen LogP contribution in [0.25, 0.3) is 0 Å². The SMILES string of the molecule is O=[S-](=O)O.[Hf]. The smallest absolute Gasteiger partial charge is 0.0495 e. The summed E-state index contributed by atoms with van der Waals surface area (Å²) >= 11 is 0. The molecule has 0 aromatic rings. The van der Waals surface area contributed by atoms with Gasteiger partial charge in [0.05, 0.1) is 0 Å². The molecule has 0 aliphatic heterocycles. The first-order valence-electron chi connectivity index (χ1n) is 0.516. The Morgan fingerprint density at radius 1 is 1.40 bits per heavy atom. The van der Waals surface area contributed by atoms with Gasteiger partial charge in [-0.1, -0.05) is 0 Å². The van der Waals surface area contributed by atoms with Crippen LogP contribution in [0.15, 0.2) is 0 Å². The molecule has 5 heavy (non-hydrogen) atoms. The van der Waals surface area contributed by atoms with Gasteiger partial charge in [0.15, 0.2) is 0 Å². The monoisotopic (exact) mass is 261 g/mol. The van der Waals surface area contributed by atoms with Gasteiger partial charge in [-0.15, -0.1) is 0 Å². The predicted octanol–water partition coefficient (Wildman–Crippen LogP) is -0.234. The predicted molar refractivity (Wildman–Crippen MR) is 11.4 cm³/mol. The molecule has 0 radical (unpaired) electrons. The van der Waals surface area contributed by atoms with Crippen LogP contribution < -0.4 is 0 Å². The first kappa shape index (κ1) is 9.24. The van der Waals surface area contributed by atoms with Crippen molar-refractivity contribution in [1.29, 1.82) is 0 Å². The molecule has 0 saturated carbocycles. The Balaban J connectivity index is 0. The molecule has 5 heteroatoms. The third-order valence-corrected chi connectivity index (χ3v) is 0. The van der Waals surface area contributed by atoms with E-state index in [1.165, 1.54) is 0 Å². The van der Waals surface area contributed by atoms with Crippen LogP contribution in [0.4, 0.5) is 0 Å². The molecular formula is HHfO3S-. The fourth-order valence-electron chi connectivity index (χ4n) is 0. The number of hydrogen-bond donors (Lipinski definition) is 1. The van der Waals surface area contributed by atoms with E-state index in [1.807, 2.05) is 0 Å². The summed E-state index contributed by atoms with van der Waals surface area (Å²) in [5.74, 6) is 0. The van der Waals surface area contributed by atoms with Crippen molar-refractivity contribution in [2.24, 2.45) is 0 Å². The van der Waals surface area contributed by atoms with E-state index >= 15 is 0 Å². The van der Waals surface area contributed by atoms with Crippen molar-refractivity contribution < 1.29 is 38.8 Å². The summed E-state index contributed by atoms with van der Waals surface area (Å²) in [6.07, 6.45) is 0. The van der Waals surface area contributed by atoms with E-state index in [-0.39, 0.29) is 25.8 Å². The molecule has 3 nitrogen and oxygen atoms in total. The van der Waals surface area contributed by atoms with Crippen LogP contribution in [-0.4, -0.2) is 4.55 Å². The average Bonchev–Trinajstić information content (AvgIpc) is 0.811. The van der Waals surface area contributed by atoms with Gasteiger partial charge in [-0.05, 0) is 0 Å². The summed E-state index contributed by atoms with van der Waals surface area (Å²) in [7, 11) is -2.86. The second kappa shape index (κ2) is 4.78. The minimum atomic E-state index is -2.86. The Morgan fingerprint density at radius 2 is 1.40 bits per heavy atom. The summed E-state index contributed by atoms with van der Waals surface area (Å²) in [6.45, 7) is 0. The molecule has 0 amide bonds. The van der Waals surface area contributed by atoms with Crippen LogP contribution in [0.3, 0.4) is 0 Å². The maximum absolute atomic E-state index is 8.56. The minimum absolute atomic E-state index is 0. The van der Waals surface area contributed by atoms with Crippen molar-refractivity contribution in [2.45, 2.75) is 0 Å². The van der Waals surface area contributed by atoms with Gasteiger partial charge >= 0.3 is 0 Å². The molecule has 0 aliphatic carbocycles. The Kier molecular flexibility index (Phi) is 8.84. The minimum Gasteiger partial charge on any atom is -0.439 e. The maximum Gasteiger partial charge on any atom is 0.0495 e. The van der Waals surface area contributed by atoms with Crippen LogP contribution in [-0.2, 0) is 45.2 Å². The average molecular weight is 260 g/mol. The second-order valence-electron chi connectivity index (χ2n) is 0.217. The molecule has 0 spiro atoms. The summed E-state index contributed by atoms with van der Waals surface area (Å²) in [5, 5.41) is 0. The first-order valence-corrected chi connectivity index (χ1v) is 1.55. The van der Waals surface area contributed by atoms with Crippen LogP contribution in [0.1, 0.15) is 0 Å². The molecule has 1 N–H and O–H groups in total. The zero-order valence-electron chi connectivity index (χ0n) is 2.17. The topological polar surface area (TPSA) is 54.4 Å². The molecule has 0 aromatic heterocycles. The Labute approximate surface area is 49.9 Å². The van der Waals surface area contributed by atoms with E-state index in [0.29, 0.717) is 0 Å². The summed E-state index contributed by atoms with van der Waals surface area (Å²) in [5.41, 5.74) is 0. The Bertz CT molecular complexity index is 55.3. The van der Waals surface area contributed by atoms with Crippen LogP contribution >= 0.6 is 0 Å². The van der Waals surface area contributed by atoms with Crippen LogP contribution in [0.2, 0.25) is 0 Å². The van der Waals surface area contributed by atoms with Gasteiger partial charge in [0.25, 0.3) is 0 Å². The van der Waals surface area contributed by atoms with E-state index in [1.54, 1.807) is 0 Å². The van der Waals surface area contributed by atoms with Crippen molar-refractivity contribution >= 4 is 11.0 Å². The molecule has 0 bridgehead atoms. The van der Waals surface area contributed by atoms with E-state index in [2.05, 4.69) is 0 Å². The summed E-state index contributed by atoms with van der Waals surface area (Å²) in [4.78, 5) is 0. The van der Waals surface area contributed by atoms with Gasteiger partial charge in [0, 0.05) is 36.8 Å². The van der Waals surface area contributed by atoms with Crippen molar-refractivity contribution in [1.82, 2.24) is 0 Å². The van der Waals surface area contributed by atoms with E-state index < -0.39 is 11.0 Å². The molecule has 30 valence electrons. The molecule has 0 rings (SSSR count). The second-order valence-corrected chi connectivity index (χ2v) is 0.651. The molecule has 0 fully saturated rings. The van der Waals surface area contributed by atoms with E-state index in [9.17, 15) is 0 Å². The molecule has 0 atom stereocenters. The van der Waals surface area contributed by atoms with Crippen molar-refractivity contribution in [3.63, 3.8) is 0 Å². The molecule has 0 saturated heterocycles. The maximum atomic E-state index is 8.56. The van der Waals surface area contributed by atoms with Crippen molar-refractivity contribution in [2.75, 3.05) is 0 Å². The molecule has 0 heterocycles. The molecular weight excluding hydrogens is 259 g/mol. The van der Waals surface area contributed by atoms with Gasteiger partial charge in [-0.25, -0.2) is 0 Å². The van der Waals surface area contributed by atoms with Crippen LogP contribution in [0.5, 0.6) is 0 Å². The van der Waals surface area contributed by atoms with Gasteiger partial charge in [0.1, 0.15) is 0 Å². The van der Waals surface area contributed by atoms with Crippen LogP contribution in [0, 0.1) is 0 Å². The van der Waals surface area contributed by atoms with Gasteiger partial charge in [-0.2, -0.15) is 0 Å². The largest absolute Gasteiger partial charge is 0.439 e.